The van der Waals surface area contributed by atoms with Crippen LogP contribution in [0.15, 0.2) is 24.3 Å². The predicted octanol–water partition coefficient (Wildman–Crippen LogP) is 4.13. The van der Waals surface area contributed by atoms with Crippen LogP contribution < -0.4 is 5.73 Å². The maximum atomic E-state index is 5.96. The second kappa shape index (κ2) is 5.96. The van der Waals surface area contributed by atoms with E-state index in [-0.39, 0.29) is 0 Å². The van der Waals surface area contributed by atoms with E-state index in [0.717, 1.165) is 11.7 Å². The van der Waals surface area contributed by atoms with Crippen molar-refractivity contribution in [3.63, 3.8) is 0 Å². The lowest BCUT2D eigenvalue weighted by Gasteiger charge is -2.33. The predicted molar refractivity (Wildman–Crippen MR) is 81.0 cm³/mol. The van der Waals surface area contributed by atoms with Crippen molar-refractivity contribution in [1.82, 2.24) is 4.90 Å². The van der Waals surface area contributed by atoms with Crippen molar-refractivity contribution in [1.29, 1.82) is 0 Å². The lowest BCUT2D eigenvalue weighted by molar-refractivity contribution is 0.164. The van der Waals surface area contributed by atoms with Gasteiger partial charge in [-0.1, -0.05) is 37.8 Å². The van der Waals surface area contributed by atoms with Gasteiger partial charge >= 0.3 is 0 Å². The molecule has 3 rings (SSSR count). The van der Waals surface area contributed by atoms with Crippen molar-refractivity contribution in [3.05, 3.63) is 29.8 Å². The number of anilines is 1. The Balaban J connectivity index is 1.76. The number of likely N-dealkylation sites (tertiary alicyclic amines) is 1. The van der Waals surface area contributed by atoms with Crippen molar-refractivity contribution in [3.8, 4) is 0 Å². The SMILES string of the molecule is Nc1cccc(C2CCCN2C2CCCCCC2)c1. The number of benzene rings is 1. The zero-order valence-corrected chi connectivity index (χ0v) is 11.9. The van der Waals surface area contributed by atoms with Gasteiger partial charge in [0, 0.05) is 17.8 Å². The first-order chi connectivity index (χ1) is 9.34. The van der Waals surface area contributed by atoms with E-state index in [1.165, 1.54) is 63.5 Å². The molecule has 1 unspecified atom stereocenters. The van der Waals surface area contributed by atoms with E-state index in [9.17, 15) is 0 Å². The molecular formula is C17H26N2. The minimum Gasteiger partial charge on any atom is -0.399 e. The van der Waals surface area contributed by atoms with Gasteiger partial charge in [0.25, 0.3) is 0 Å². The molecule has 1 heterocycles. The summed E-state index contributed by atoms with van der Waals surface area (Å²) in [6.07, 6.45) is 11.2. The summed E-state index contributed by atoms with van der Waals surface area (Å²) in [5.74, 6) is 0. The van der Waals surface area contributed by atoms with E-state index in [0.29, 0.717) is 6.04 Å². The third kappa shape index (κ3) is 2.94. The van der Waals surface area contributed by atoms with Gasteiger partial charge in [-0.05, 0) is 49.9 Å². The highest BCUT2D eigenvalue weighted by molar-refractivity contribution is 5.41. The summed E-state index contributed by atoms with van der Waals surface area (Å²) in [6.45, 7) is 1.28. The summed E-state index contributed by atoms with van der Waals surface area (Å²) >= 11 is 0. The number of nitrogen functional groups attached to an aromatic ring is 1. The molecule has 0 radical (unpaired) electrons. The number of nitrogens with two attached hydrogens (primary N) is 1. The molecule has 2 nitrogen and oxygen atoms in total. The van der Waals surface area contributed by atoms with Crippen LogP contribution in [0.3, 0.4) is 0 Å². The second-order valence-corrected chi connectivity index (χ2v) is 6.21. The molecule has 1 aromatic rings. The Morgan fingerprint density at radius 1 is 0.947 bits per heavy atom. The van der Waals surface area contributed by atoms with E-state index in [1.54, 1.807) is 0 Å². The molecule has 2 fully saturated rings. The first kappa shape index (κ1) is 13.0. The van der Waals surface area contributed by atoms with E-state index >= 15 is 0 Å². The molecule has 1 saturated heterocycles. The largest absolute Gasteiger partial charge is 0.399 e. The Morgan fingerprint density at radius 3 is 2.47 bits per heavy atom. The van der Waals surface area contributed by atoms with Crippen LogP contribution in [0.25, 0.3) is 0 Å². The van der Waals surface area contributed by atoms with E-state index in [1.807, 2.05) is 6.07 Å². The molecule has 2 heteroatoms. The summed E-state index contributed by atoms with van der Waals surface area (Å²) in [5, 5.41) is 0. The maximum Gasteiger partial charge on any atom is 0.0352 e. The highest BCUT2D eigenvalue weighted by atomic mass is 15.2. The second-order valence-electron chi connectivity index (χ2n) is 6.21. The van der Waals surface area contributed by atoms with Gasteiger partial charge in [0.1, 0.15) is 0 Å². The molecule has 0 bridgehead atoms. The first-order valence-corrected chi connectivity index (χ1v) is 7.96. The van der Waals surface area contributed by atoms with Gasteiger partial charge in [-0.3, -0.25) is 4.90 Å². The highest BCUT2D eigenvalue weighted by Crippen LogP contribution is 2.37. The molecule has 104 valence electrons. The van der Waals surface area contributed by atoms with Crippen LogP contribution in [0.4, 0.5) is 5.69 Å². The summed E-state index contributed by atoms with van der Waals surface area (Å²) in [7, 11) is 0. The van der Waals surface area contributed by atoms with Gasteiger partial charge in [-0.2, -0.15) is 0 Å². The molecule has 1 aliphatic heterocycles. The average molecular weight is 258 g/mol. The van der Waals surface area contributed by atoms with Crippen molar-refractivity contribution in [2.75, 3.05) is 12.3 Å². The van der Waals surface area contributed by atoms with Gasteiger partial charge in [0.05, 0.1) is 0 Å². The van der Waals surface area contributed by atoms with Crippen LogP contribution in [-0.4, -0.2) is 17.5 Å². The molecule has 0 spiro atoms. The monoisotopic (exact) mass is 258 g/mol. The molecule has 0 amide bonds. The standard InChI is InChI=1S/C17H26N2/c18-15-8-5-7-14(13-15)17-11-6-12-19(17)16-9-3-1-2-4-10-16/h5,7-8,13,16-17H,1-4,6,9-12,18H2. The Labute approximate surface area is 117 Å². The molecule has 1 atom stereocenters. The normalized spacial score (nSPS) is 26.4. The summed E-state index contributed by atoms with van der Waals surface area (Å²) in [5.41, 5.74) is 8.30. The third-order valence-electron chi connectivity index (χ3n) is 4.88. The minimum absolute atomic E-state index is 0.617. The molecule has 19 heavy (non-hydrogen) atoms. The van der Waals surface area contributed by atoms with Crippen molar-refractivity contribution >= 4 is 5.69 Å². The number of hydrogen-bond donors (Lipinski definition) is 1. The zero-order valence-electron chi connectivity index (χ0n) is 11.9. The van der Waals surface area contributed by atoms with Crippen LogP contribution in [0.2, 0.25) is 0 Å². The summed E-state index contributed by atoms with van der Waals surface area (Å²) in [6, 6.07) is 9.97. The Bertz CT molecular complexity index is 407. The molecule has 1 aliphatic carbocycles. The van der Waals surface area contributed by atoms with Crippen molar-refractivity contribution < 1.29 is 0 Å². The third-order valence-corrected chi connectivity index (χ3v) is 4.88. The van der Waals surface area contributed by atoms with Gasteiger partial charge in [0.15, 0.2) is 0 Å². The van der Waals surface area contributed by atoms with Crippen LogP contribution in [-0.2, 0) is 0 Å². The Kier molecular flexibility index (Phi) is 4.07. The maximum absolute atomic E-state index is 5.96. The smallest absolute Gasteiger partial charge is 0.0352 e. The molecular weight excluding hydrogens is 232 g/mol. The zero-order chi connectivity index (χ0) is 13.1. The minimum atomic E-state index is 0.617. The topological polar surface area (TPSA) is 29.3 Å². The summed E-state index contributed by atoms with van der Waals surface area (Å²) < 4.78 is 0. The fraction of sp³-hybridized carbons (Fsp3) is 0.647. The lowest BCUT2D eigenvalue weighted by Crippen LogP contribution is -2.34. The first-order valence-electron chi connectivity index (χ1n) is 7.96. The fourth-order valence-corrected chi connectivity index (χ4v) is 3.94. The van der Waals surface area contributed by atoms with Crippen LogP contribution >= 0.6 is 0 Å². The molecule has 2 N–H and O–H groups in total. The quantitative estimate of drug-likeness (QED) is 0.638. The molecule has 2 aliphatic rings. The number of hydrogen-bond acceptors (Lipinski definition) is 2. The van der Waals surface area contributed by atoms with Crippen LogP contribution in [0.1, 0.15) is 63.0 Å². The van der Waals surface area contributed by atoms with E-state index in [4.69, 9.17) is 5.73 Å². The van der Waals surface area contributed by atoms with Gasteiger partial charge in [-0.25, -0.2) is 0 Å². The van der Waals surface area contributed by atoms with Crippen LogP contribution in [0.5, 0.6) is 0 Å². The Morgan fingerprint density at radius 2 is 1.74 bits per heavy atom. The van der Waals surface area contributed by atoms with Gasteiger partial charge in [-0.15, -0.1) is 0 Å². The van der Waals surface area contributed by atoms with Crippen LogP contribution in [0, 0.1) is 0 Å². The van der Waals surface area contributed by atoms with Gasteiger partial charge in [0.2, 0.25) is 0 Å². The fourth-order valence-electron chi connectivity index (χ4n) is 3.94. The lowest BCUT2D eigenvalue weighted by atomic mass is 10.0. The van der Waals surface area contributed by atoms with Crippen molar-refractivity contribution in [2.45, 2.75) is 63.5 Å². The average Bonchev–Trinajstić information content (AvgIpc) is 2.75. The number of rotatable bonds is 2. The van der Waals surface area contributed by atoms with E-state index < -0.39 is 0 Å². The molecule has 1 aromatic carbocycles. The molecule has 0 aromatic heterocycles. The van der Waals surface area contributed by atoms with Gasteiger partial charge < -0.3 is 5.73 Å². The number of nitrogens with zero attached hydrogens (tertiary/aromatic N) is 1. The molecule has 1 saturated carbocycles. The van der Waals surface area contributed by atoms with E-state index in [2.05, 4.69) is 23.1 Å². The summed E-state index contributed by atoms with van der Waals surface area (Å²) in [4.78, 5) is 2.78. The Hall–Kier alpha value is -1.02. The van der Waals surface area contributed by atoms with Crippen molar-refractivity contribution in [2.24, 2.45) is 0 Å². The highest BCUT2D eigenvalue weighted by Gasteiger charge is 2.31.